The van der Waals surface area contributed by atoms with Crippen LogP contribution in [-0.4, -0.2) is 41.5 Å². The summed E-state index contributed by atoms with van der Waals surface area (Å²) in [6.45, 7) is 6.97. The molecule has 0 radical (unpaired) electrons. The third kappa shape index (κ3) is 7.50. The van der Waals surface area contributed by atoms with Crippen LogP contribution in [0.1, 0.15) is 43.4 Å². The first-order chi connectivity index (χ1) is 14.5. The van der Waals surface area contributed by atoms with E-state index in [4.69, 9.17) is 0 Å². The quantitative estimate of drug-likeness (QED) is 0.275. The maximum absolute atomic E-state index is 11.8. The molecule has 0 aromatic heterocycles. The van der Waals surface area contributed by atoms with Crippen LogP contribution >= 0.6 is 24.0 Å². The molecule has 1 amide bonds. The van der Waals surface area contributed by atoms with Gasteiger partial charge in [-0.3, -0.25) is 4.79 Å². The van der Waals surface area contributed by atoms with Gasteiger partial charge in [-0.2, -0.15) is 0 Å². The monoisotopic (exact) mass is 536 g/mol. The van der Waals surface area contributed by atoms with Crippen LogP contribution in [0.4, 0.5) is 0 Å². The van der Waals surface area contributed by atoms with Crippen molar-refractivity contribution >= 4 is 35.8 Å². The van der Waals surface area contributed by atoms with E-state index >= 15 is 0 Å². The van der Waals surface area contributed by atoms with Gasteiger partial charge in [0.1, 0.15) is 5.60 Å². The second-order valence-electron chi connectivity index (χ2n) is 7.92. The fourth-order valence-electron chi connectivity index (χ4n) is 3.51. The highest BCUT2D eigenvalue weighted by Gasteiger charge is 2.23. The van der Waals surface area contributed by atoms with Gasteiger partial charge >= 0.3 is 0 Å². The lowest BCUT2D eigenvalue weighted by atomic mass is 9.96. The lowest BCUT2D eigenvalue weighted by Crippen LogP contribution is -2.44. The Morgan fingerprint density at radius 2 is 1.77 bits per heavy atom. The van der Waals surface area contributed by atoms with Crippen molar-refractivity contribution in [3.63, 3.8) is 0 Å². The SMILES string of the molecule is CCNC(=NCc1ccc(CN2CCCC2=O)cc1)NCC(C)(O)c1ccccc1.I. The second kappa shape index (κ2) is 12.0. The van der Waals surface area contributed by atoms with Crippen LogP contribution in [0.15, 0.2) is 59.6 Å². The Bertz CT molecular complexity index is 854. The van der Waals surface area contributed by atoms with E-state index in [0.717, 1.165) is 36.2 Å². The van der Waals surface area contributed by atoms with Crippen LogP contribution in [0.2, 0.25) is 0 Å². The van der Waals surface area contributed by atoms with Gasteiger partial charge in [0.05, 0.1) is 13.1 Å². The average molecular weight is 536 g/mol. The van der Waals surface area contributed by atoms with E-state index in [1.807, 2.05) is 42.2 Å². The maximum Gasteiger partial charge on any atom is 0.222 e. The largest absolute Gasteiger partial charge is 0.384 e. The molecule has 3 N–H and O–H groups in total. The molecule has 1 aliphatic rings. The van der Waals surface area contributed by atoms with Gasteiger partial charge in [-0.05, 0) is 37.0 Å². The Morgan fingerprint density at radius 1 is 1.10 bits per heavy atom. The highest BCUT2D eigenvalue weighted by molar-refractivity contribution is 14.0. The molecule has 6 nitrogen and oxygen atoms in total. The third-order valence-electron chi connectivity index (χ3n) is 5.33. The van der Waals surface area contributed by atoms with Crippen LogP contribution in [-0.2, 0) is 23.5 Å². The van der Waals surface area contributed by atoms with Gasteiger partial charge < -0.3 is 20.6 Å². The van der Waals surface area contributed by atoms with Crippen LogP contribution < -0.4 is 10.6 Å². The molecule has 1 heterocycles. The van der Waals surface area contributed by atoms with Crippen molar-refractivity contribution in [3.8, 4) is 0 Å². The topological polar surface area (TPSA) is 77.0 Å². The molecular weight excluding hydrogens is 503 g/mol. The fraction of sp³-hybridized carbons (Fsp3) is 0.417. The average Bonchev–Trinajstić information content (AvgIpc) is 3.16. The number of benzene rings is 2. The van der Waals surface area contributed by atoms with Gasteiger partial charge in [-0.15, -0.1) is 24.0 Å². The minimum atomic E-state index is -0.994. The first kappa shape index (κ1) is 25.1. The Balaban J connectivity index is 0.00000341. The molecule has 1 saturated heterocycles. The van der Waals surface area contributed by atoms with Crippen molar-refractivity contribution in [2.45, 2.75) is 45.4 Å². The van der Waals surface area contributed by atoms with E-state index in [0.29, 0.717) is 32.0 Å². The van der Waals surface area contributed by atoms with Crippen LogP contribution in [0, 0.1) is 0 Å². The first-order valence-corrected chi connectivity index (χ1v) is 10.6. The summed E-state index contributed by atoms with van der Waals surface area (Å²) < 4.78 is 0. The number of aliphatic imine (C=N–C) groups is 1. The third-order valence-corrected chi connectivity index (χ3v) is 5.33. The number of halogens is 1. The van der Waals surface area contributed by atoms with Gasteiger partial charge in [-0.25, -0.2) is 4.99 Å². The van der Waals surface area contributed by atoms with E-state index in [9.17, 15) is 9.90 Å². The lowest BCUT2D eigenvalue weighted by molar-refractivity contribution is -0.128. The normalized spacial score (nSPS) is 15.9. The van der Waals surface area contributed by atoms with Gasteiger partial charge in [-0.1, -0.05) is 54.6 Å². The van der Waals surface area contributed by atoms with E-state index in [1.165, 1.54) is 0 Å². The number of nitrogens with one attached hydrogen (secondary N) is 2. The number of carbonyl (C=O) groups is 1. The van der Waals surface area contributed by atoms with Gasteiger partial charge in [0, 0.05) is 26.1 Å². The minimum absolute atomic E-state index is 0. The summed E-state index contributed by atoms with van der Waals surface area (Å²) >= 11 is 0. The Kier molecular flexibility index (Phi) is 9.77. The molecule has 1 aliphatic heterocycles. The van der Waals surface area contributed by atoms with Crippen molar-refractivity contribution in [1.82, 2.24) is 15.5 Å². The molecule has 2 aromatic rings. The standard InChI is InChI=1S/C24H32N4O2.HI/c1-3-25-23(27-18-24(2,30)21-8-5-4-6-9-21)26-16-19-11-13-20(14-12-19)17-28-15-7-10-22(28)29;/h4-6,8-9,11-14,30H,3,7,10,15-18H2,1-2H3,(H2,25,26,27);1H. The van der Waals surface area contributed by atoms with Gasteiger partial charge in [0.25, 0.3) is 0 Å². The zero-order valence-corrected chi connectivity index (χ0v) is 20.6. The summed E-state index contributed by atoms with van der Waals surface area (Å²) in [5, 5.41) is 17.2. The number of rotatable bonds is 8. The molecule has 31 heavy (non-hydrogen) atoms. The molecule has 0 saturated carbocycles. The molecular formula is C24H33IN4O2. The number of carbonyl (C=O) groups excluding carboxylic acids is 1. The van der Waals surface area contributed by atoms with Gasteiger partial charge in [0.2, 0.25) is 5.91 Å². The zero-order valence-electron chi connectivity index (χ0n) is 18.3. The summed E-state index contributed by atoms with van der Waals surface area (Å²) in [4.78, 5) is 18.3. The number of amides is 1. The molecule has 0 aliphatic carbocycles. The van der Waals surface area contributed by atoms with Crippen LogP contribution in [0.3, 0.4) is 0 Å². The molecule has 1 atom stereocenters. The van der Waals surface area contributed by atoms with Crippen LogP contribution in [0.5, 0.6) is 0 Å². The molecule has 7 heteroatoms. The molecule has 1 unspecified atom stereocenters. The lowest BCUT2D eigenvalue weighted by Gasteiger charge is -2.25. The predicted molar refractivity (Wildman–Crippen MR) is 135 cm³/mol. The zero-order chi connectivity index (χ0) is 21.4. The summed E-state index contributed by atoms with van der Waals surface area (Å²) in [7, 11) is 0. The number of hydrogen-bond donors (Lipinski definition) is 3. The highest BCUT2D eigenvalue weighted by Crippen LogP contribution is 2.19. The summed E-state index contributed by atoms with van der Waals surface area (Å²) in [6, 6.07) is 17.9. The van der Waals surface area contributed by atoms with Crippen LogP contribution in [0.25, 0.3) is 0 Å². The Labute approximate surface area is 202 Å². The van der Waals surface area contributed by atoms with E-state index in [-0.39, 0.29) is 29.9 Å². The first-order valence-electron chi connectivity index (χ1n) is 10.6. The van der Waals surface area contributed by atoms with Crippen molar-refractivity contribution < 1.29 is 9.90 Å². The Morgan fingerprint density at radius 3 is 2.39 bits per heavy atom. The van der Waals surface area contributed by atoms with E-state index < -0.39 is 5.60 Å². The smallest absolute Gasteiger partial charge is 0.222 e. The van der Waals surface area contributed by atoms with Crippen molar-refractivity contribution in [2.24, 2.45) is 4.99 Å². The fourth-order valence-corrected chi connectivity index (χ4v) is 3.51. The molecule has 0 bridgehead atoms. The molecule has 1 fully saturated rings. The summed E-state index contributed by atoms with van der Waals surface area (Å²) in [5.74, 6) is 0.914. The summed E-state index contributed by atoms with van der Waals surface area (Å²) in [5.41, 5.74) is 2.10. The van der Waals surface area contributed by atoms with Crippen molar-refractivity contribution in [3.05, 3.63) is 71.3 Å². The second-order valence-corrected chi connectivity index (χ2v) is 7.92. The maximum atomic E-state index is 11.8. The summed E-state index contributed by atoms with van der Waals surface area (Å²) in [6.07, 6.45) is 1.63. The van der Waals surface area contributed by atoms with Gasteiger partial charge in [0.15, 0.2) is 5.96 Å². The molecule has 2 aromatic carbocycles. The number of hydrogen-bond acceptors (Lipinski definition) is 3. The number of guanidine groups is 1. The highest BCUT2D eigenvalue weighted by atomic mass is 127. The van der Waals surface area contributed by atoms with E-state index in [1.54, 1.807) is 6.92 Å². The number of aliphatic hydroxyl groups is 1. The Hall–Kier alpha value is -2.13. The predicted octanol–water partition coefficient (Wildman–Crippen LogP) is 3.39. The van der Waals surface area contributed by atoms with E-state index in [2.05, 4.69) is 39.9 Å². The minimum Gasteiger partial charge on any atom is -0.384 e. The molecule has 0 spiro atoms. The molecule has 3 rings (SSSR count). The number of nitrogens with zero attached hydrogens (tertiary/aromatic N) is 2. The number of likely N-dealkylation sites (tertiary alicyclic amines) is 1. The van der Waals surface area contributed by atoms with Crippen molar-refractivity contribution in [1.29, 1.82) is 0 Å². The molecule has 168 valence electrons. The van der Waals surface area contributed by atoms with Crippen molar-refractivity contribution in [2.75, 3.05) is 19.6 Å².